The summed E-state index contributed by atoms with van der Waals surface area (Å²) in [7, 11) is 0. The van der Waals surface area contributed by atoms with Gasteiger partial charge in [0.25, 0.3) is 11.8 Å². The fraction of sp³-hybridized carbons (Fsp3) is 0.700. The third-order valence-electron chi connectivity index (χ3n) is 4.80. The minimum atomic E-state index is -1.54. The molecule has 9 N–H and O–H groups in total. The van der Waals surface area contributed by atoms with Crippen LogP contribution in [0, 0.1) is 5.92 Å². The van der Waals surface area contributed by atoms with Crippen molar-refractivity contribution in [1.29, 1.82) is 0 Å². The second-order valence-electron chi connectivity index (χ2n) is 8.28. The molecular formula is C20H35N7O9. The van der Waals surface area contributed by atoms with Gasteiger partial charge in [-0.15, -0.1) is 0 Å². The number of hydrogen-bond acceptors (Lipinski definition) is 9. The van der Waals surface area contributed by atoms with Crippen molar-refractivity contribution in [1.82, 2.24) is 32.1 Å². The van der Waals surface area contributed by atoms with Crippen LogP contribution in [0.15, 0.2) is 0 Å². The van der Waals surface area contributed by atoms with Crippen molar-refractivity contribution in [2.24, 2.45) is 11.7 Å². The van der Waals surface area contributed by atoms with Crippen LogP contribution >= 0.6 is 0 Å². The standard InChI is InChI=1S/C20H35N7O9/c1-10(2)15-19(33)27-26-17(31)12(8-13(21)29)23-20(34)25-16(11(3)28)18(32)22-4-5-35-6-7-36-9-14(30)24-15/h10-12,15-16,28H,4-9H2,1-3H3,(H2,21,29)(H,22,32)(H,24,30)(H,26,31)(H,27,33)(H2,23,25,34)/t11?,12-,15-,16+/m1/s1. The normalized spacial score (nSPS) is 25.1. The van der Waals surface area contributed by atoms with E-state index >= 15 is 0 Å². The van der Waals surface area contributed by atoms with Crippen LogP contribution in [0.3, 0.4) is 0 Å². The largest absolute Gasteiger partial charge is 0.391 e. The van der Waals surface area contributed by atoms with Crippen LogP contribution in [-0.2, 0) is 33.4 Å². The Bertz CT molecular complexity index is 806. The number of rotatable bonds is 4. The highest BCUT2D eigenvalue weighted by molar-refractivity contribution is 5.94. The van der Waals surface area contributed by atoms with E-state index in [2.05, 4.69) is 32.1 Å². The molecule has 1 aliphatic rings. The van der Waals surface area contributed by atoms with Gasteiger partial charge in [0.15, 0.2) is 0 Å². The van der Waals surface area contributed by atoms with Crippen molar-refractivity contribution in [3.63, 3.8) is 0 Å². The van der Waals surface area contributed by atoms with Crippen molar-refractivity contribution in [2.45, 2.75) is 51.4 Å². The third-order valence-corrected chi connectivity index (χ3v) is 4.80. The highest BCUT2D eigenvalue weighted by atomic mass is 16.5. The van der Waals surface area contributed by atoms with Gasteiger partial charge in [0.1, 0.15) is 24.7 Å². The smallest absolute Gasteiger partial charge is 0.316 e. The van der Waals surface area contributed by atoms with Crippen molar-refractivity contribution < 1.29 is 43.3 Å². The van der Waals surface area contributed by atoms with E-state index in [-0.39, 0.29) is 38.9 Å². The molecule has 7 amide bonds. The number of amides is 7. The molecule has 0 spiro atoms. The molecule has 36 heavy (non-hydrogen) atoms. The van der Waals surface area contributed by atoms with Gasteiger partial charge in [-0.3, -0.25) is 34.8 Å². The minimum absolute atomic E-state index is 0.0440. The third kappa shape index (κ3) is 11.3. The molecule has 0 aromatic carbocycles. The molecule has 0 saturated carbocycles. The summed E-state index contributed by atoms with van der Waals surface area (Å²) in [6.07, 6.45) is -1.95. The number of ether oxygens (including phenoxy) is 2. The first-order valence-corrected chi connectivity index (χ1v) is 11.3. The number of hydrazine groups is 1. The molecule has 1 fully saturated rings. The Morgan fingerprint density at radius 3 is 2.17 bits per heavy atom. The zero-order chi connectivity index (χ0) is 27.3. The van der Waals surface area contributed by atoms with E-state index in [4.69, 9.17) is 15.2 Å². The first-order chi connectivity index (χ1) is 16.9. The number of aliphatic hydroxyl groups is 1. The SMILES string of the molecule is CC(O)[C@@H]1NC(=O)N[C@H](CC(N)=O)C(=O)NNC(=O)[C@@H](C(C)C)NC(=O)COCCOCCNC1=O. The summed E-state index contributed by atoms with van der Waals surface area (Å²) in [6.45, 7) is 4.55. The second-order valence-corrected chi connectivity index (χ2v) is 8.28. The van der Waals surface area contributed by atoms with Gasteiger partial charge in [0.05, 0.1) is 32.3 Å². The highest BCUT2D eigenvalue weighted by Crippen LogP contribution is 2.02. The monoisotopic (exact) mass is 517 g/mol. The summed E-state index contributed by atoms with van der Waals surface area (Å²) in [5.74, 6) is -4.40. The molecule has 1 unspecified atom stereocenters. The molecule has 1 aliphatic heterocycles. The fourth-order valence-electron chi connectivity index (χ4n) is 2.94. The van der Waals surface area contributed by atoms with Gasteiger partial charge < -0.3 is 41.6 Å². The number of nitrogens with two attached hydrogens (primary N) is 1. The molecule has 16 nitrogen and oxygen atoms in total. The number of hydrogen-bond donors (Lipinski definition) is 8. The Morgan fingerprint density at radius 1 is 0.917 bits per heavy atom. The molecule has 1 saturated heterocycles. The summed E-state index contributed by atoms with van der Waals surface area (Å²) < 4.78 is 10.5. The number of nitrogens with one attached hydrogen (secondary N) is 6. The Kier molecular flexibility index (Phi) is 13.1. The molecule has 1 rings (SSSR count). The summed E-state index contributed by atoms with van der Waals surface area (Å²) in [6, 6.07) is -5.04. The van der Waals surface area contributed by atoms with Crippen LogP contribution in [0.25, 0.3) is 0 Å². The first kappa shape index (κ1) is 30.5. The van der Waals surface area contributed by atoms with Crippen molar-refractivity contribution >= 4 is 35.6 Å². The van der Waals surface area contributed by atoms with E-state index in [1.807, 2.05) is 0 Å². The molecule has 0 aromatic heterocycles. The van der Waals surface area contributed by atoms with Crippen LogP contribution < -0.4 is 37.9 Å². The summed E-state index contributed by atoms with van der Waals surface area (Å²) in [4.78, 5) is 73.4. The Morgan fingerprint density at radius 2 is 1.56 bits per heavy atom. The maximum Gasteiger partial charge on any atom is 0.316 e. The maximum atomic E-state index is 12.6. The van der Waals surface area contributed by atoms with Crippen LogP contribution in [0.4, 0.5) is 4.79 Å². The highest BCUT2D eigenvalue weighted by Gasteiger charge is 2.30. The van der Waals surface area contributed by atoms with E-state index < -0.39 is 66.2 Å². The average molecular weight is 518 g/mol. The maximum absolute atomic E-state index is 12.6. The lowest BCUT2D eigenvalue weighted by molar-refractivity contribution is -0.135. The average Bonchev–Trinajstić information content (AvgIpc) is 2.78. The van der Waals surface area contributed by atoms with Crippen molar-refractivity contribution in [2.75, 3.05) is 33.0 Å². The van der Waals surface area contributed by atoms with E-state index in [0.29, 0.717) is 0 Å². The molecule has 0 radical (unpaired) electrons. The molecular weight excluding hydrogens is 482 g/mol. The molecule has 1 heterocycles. The Balaban J connectivity index is 3.04. The molecule has 0 bridgehead atoms. The van der Waals surface area contributed by atoms with Gasteiger partial charge in [-0.05, 0) is 12.8 Å². The molecule has 4 atom stereocenters. The van der Waals surface area contributed by atoms with Crippen LogP contribution in [0.2, 0.25) is 0 Å². The number of carbonyl (C=O) groups excluding carboxylic acids is 6. The predicted octanol–water partition coefficient (Wildman–Crippen LogP) is -4.27. The lowest BCUT2D eigenvalue weighted by Gasteiger charge is -2.24. The summed E-state index contributed by atoms with van der Waals surface area (Å²) >= 11 is 0. The van der Waals surface area contributed by atoms with Crippen molar-refractivity contribution in [3.8, 4) is 0 Å². The first-order valence-electron chi connectivity index (χ1n) is 11.3. The van der Waals surface area contributed by atoms with Gasteiger partial charge in [-0.25, -0.2) is 4.79 Å². The number of aliphatic hydroxyl groups excluding tert-OH is 1. The van der Waals surface area contributed by atoms with E-state index in [0.717, 1.165) is 0 Å². The molecule has 204 valence electrons. The lowest BCUT2D eigenvalue weighted by atomic mass is 10.0. The number of carbonyl (C=O) groups is 6. The molecule has 16 heteroatoms. The van der Waals surface area contributed by atoms with Crippen molar-refractivity contribution in [3.05, 3.63) is 0 Å². The fourth-order valence-corrected chi connectivity index (χ4v) is 2.94. The molecule has 0 aromatic rings. The summed E-state index contributed by atoms with van der Waals surface area (Å²) in [5, 5.41) is 19.3. The minimum Gasteiger partial charge on any atom is -0.391 e. The van der Waals surface area contributed by atoms with Gasteiger partial charge in [0, 0.05) is 6.54 Å². The van der Waals surface area contributed by atoms with Gasteiger partial charge in [-0.2, -0.15) is 0 Å². The lowest BCUT2D eigenvalue weighted by Crippen LogP contribution is -2.61. The summed E-state index contributed by atoms with van der Waals surface area (Å²) in [5.41, 5.74) is 9.34. The van der Waals surface area contributed by atoms with Gasteiger partial charge >= 0.3 is 6.03 Å². The van der Waals surface area contributed by atoms with Gasteiger partial charge in [-0.1, -0.05) is 13.8 Å². The predicted molar refractivity (Wildman–Crippen MR) is 122 cm³/mol. The Labute approximate surface area is 207 Å². The van der Waals surface area contributed by atoms with E-state index in [9.17, 15) is 33.9 Å². The van der Waals surface area contributed by atoms with Gasteiger partial charge in [0.2, 0.25) is 17.7 Å². The topological polar surface area (TPSA) is 239 Å². The number of primary amides is 1. The van der Waals surface area contributed by atoms with E-state index in [1.165, 1.54) is 6.92 Å². The van der Waals surface area contributed by atoms with Crippen LogP contribution in [-0.4, -0.2) is 97.9 Å². The second kappa shape index (κ2) is 15.5. The van der Waals surface area contributed by atoms with Crippen LogP contribution in [0.5, 0.6) is 0 Å². The molecule has 0 aliphatic carbocycles. The Hall–Kier alpha value is -3.50. The van der Waals surface area contributed by atoms with Crippen LogP contribution in [0.1, 0.15) is 27.2 Å². The zero-order valence-electron chi connectivity index (χ0n) is 20.4. The van der Waals surface area contributed by atoms with E-state index in [1.54, 1.807) is 13.8 Å². The quantitative estimate of drug-likeness (QED) is 0.180. The zero-order valence-corrected chi connectivity index (χ0v) is 20.4. The number of urea groups is 1.